The second kappa shape index (κ2) is 8.35. The molecule has 0 N–H and O–H groups in total. The van der Waals surface area contributed by atoms with Crippen molar-refractivity contribution in [3.8, 4) is 5.69 Å². The summed E-state index contributed by atoms with van der Waals surface area (Å²) in [5.74, 6) is -0.295. The summed E-state index contributed by atoms with van der Waals surface area (Å²) in [6.45, 7) is 7.09. The Morgan fingerprint density at radius 1 is 0.971 bits per heavy atom. The molecule has 0 atom stereocenters. The van der Waals surface area contributed by atoms with Crippen LogP contribution in [0.25, 0.3) is 11.8 Å². The largest absolute Gasteiger partial charge is 0.301 e. The van der Waals surface area contributed by atoms with Crippen molar-refractivity contribution in [2.24, 2.45) is 5.10 Å². The monoisotopic (exact) mass is 460 g/mol. The van der Waals surface area contributed by atoms with E-state index in [1.54, 1.807) is 32.9 Å². The van der Waals surface area contributed by atoms with Gasteiger partial charge in [-0.1, -0.05) is 12.1 Å². The fraction of sp³-hybridized carbons (Fsp3) is 0.174. The second-order valence-electron chi connectivity index (χ2n) is 7.88. The Balaban J connectivity index is 1.77. The van der Waals surface area contributed by atoms with E-state index in [-0.39, 0.29) is 17.3 Å². The first-order valence-electron chi connectivity index (χ1n) is 10.3. The highest BCUT2D eigenvalue weighted by Gasteiger charge is 2.30. The van der Waals surface area contributed by atoms with Crippen molar-refractivity contribution >= 4 is 34.8 Å². The average Bonchev–Trinajstić information content (AvgIpc) is 3.23. The van der Waals surface area contributed by atoms with Crippen LogP contribution in [-0.2, 0) is 4.79 Å². The molecule has 34 heavy (non-hydrogen) atoms. The van der Waals surface area contributed by atoms with Crippen LogP contribution in [0.3, 0.4) is 0 Å². The first-order valence-corrected chi connectivity index (χ1v) is 10.3. The lowest BCUT2D eigenvalue weighted by Crippen LogP contribution is -2.21. The molecule has 0 saturated carbocycles. The highest BCUT2D eigenvalue weighted by Crippen LogP contribution is 2.31. The van der Waals surface area contributed by atoms with E-state index in [1.807, 2.05) is 25.1 Å². The molecule has 0 saturated heterocycles. The normalized spacial score (nSPS) is 14.6. The zero-order chi connectivity index (χ0) is 24.7. The molecule has 1 amide bonds. The van der Waals surface area contributed by atoms with Gasteiger partial charge in [0.05, 0.1) is 38.6 Å². The number of rotatable bonds is 5. The highest BCUT2D eigenvalue weighted by molar-refractivity contribution is 6.32. The number of carbonyl (C=O) groups is 1. The zero-order valence-corrected chi connectivity index (χ0v) is 18.8. The van der Waals surface area contributed by atoms with Crippen molar-refractivity contribution in [3.05, 3.63) is 90.8 Å². The summed E-state index contributed by atoms with van der Waals surface area (Å²) in [6, 6.07) is 10.8. The lowest BCUT2D eigenvalue weighted by molar-refractivity contribution is -0.394. The SMILES string of the molecule is CC1=NN(c2cccc(C)c2)C(=O)/C1=C/c1c(C)nn(-c2ccc([N+](=O)[O-])cc2[N+](=O)[O-])c1C. The third-order valence-corrected chi connectivity index (χ3v) is 5.54. The fourth-order valence-corrected chi connectivity index (χ4v) is 3.81. The molecular formula is C23H20N6O5. The molecule has 11 heteroatoms. The van der Waals surface area contributed by atoms with Gasteiger partial charge in [0, 0.05) is 17.3 Å². The summed E-state index contributed by atoms with van der Waals surface area (Å²) in [5, 5.41) is 32.8. The molecule has 172 valence electrons. The summed E-state index contributed by atoms with van der Waals surface area (Å²) in [5.41, 5.74) is 3.49. The number of nitro benzene ring substituents is 2. The van der Waals surface area contributed by atoms with E-state index in [1.165, 1.54) is 21.8 Å². The summed E-state index contributed by atoms with van der Waals surface area (Å²) in [7, 11) is 0. The molecule has 0 aliphatic carbocycles. The first kappa shape index (κ1) is 22.5. The van der Waals surface area contributed by atoms with Crippen molar-refractivity contribution < 1.29 is 14.6 Å². The minimum absolute atomic E-state index is 0.0883. The number of aryl methyl sites for hydroxylation is 2. The number of benzene rings is 2. The molecule has 2 heterocycles. The number of hydrogen-bond donors (Lipinski definition) is 0. The lowest BCUT2D eigenvalue weighted by atomic mass is 10.1. The molecule has 4 rings (SSSR count). The number of amides is 1. The average molecular weight is 460 g/mol. The number of hydrogen-bond acceptors (Lipinski definition) is 7. The summed E-state index contributed by atoms with van der Waals surface area (Å²) < 4.78 is 1.35. The molecule has 0 unspecified atom stereocenters. The molecule has 2 aromatic carbocycles. The molecule has 1 aromatic heterocycles. The van der Waals surface area contributed by atoms with Crippen LogP contribution in [-0.4, -0.2) is 31.2 Å². The number of anilines is 1. The molecule has 11 nitrogen and oxygen atoms in total. The fourth-order valence-electron chi connectivity index (χ4n) is 3.81. The van der Waals surface area contributed by atoms with Crippen molar-refractivity contribution in [3.63, 3.8) is 0 Å². The number of hydrazone groups is 1. The third kappa shape index (κ3) is 3.83. The standard InChI is InChI=1S/C23H20N6O5/c1-13-6-5-7-17(10-13)27-23(30)20(15(3)25-27)12-19-14(2)24-26(16(19)4)21-9-8-18(28(31)32)11-22(21)29(33)34/h5-12H,1-4H3/b20-12+. The predicted molar refractivity (Wildman–Crippen MR) is 126 cm³/mol. The van der Waals surface area contributed by atoms with Crippen LogP contribution in [0.2, 0.25) is 0 Å². The first-order chi connectivity index (χ1) is 16.1. The van der Waals surface area contributed by atoms with Gasteiger partial charge in [-0.05, 0) is 57.5 Å². The van der Waals surface area contributed by atoms with Crippen molar-refractivity contribution in [2.45, 2.75) is 27.7 Å². The highest BCUT2D eigenvalue weighted by atomic mass is 16.6. The van der Waals surface area contributed by atoms with Crippen LogP contribution in [0.4, 0.5) is 17.1 Å². The molecule has 1 aliphatic heterocycles. The van der Waals surface area contributed by atoms with E-state index in [0.29, 0.717) is 33.9 Å². The Kier molecular flexibility index (Phi) is 5.53. The molecule has 1 aliphatic rings. The minimum atomic E-state index is -0.693. The number of carbonyl (C=O) groups excluding carboxylic acids is 1. The molecular weight excluding hydrogens is 440 g/mol. The number of non-ortho nitro benzene ring substituents is 1. The van der Waals surface area contributed by atoms with Gasteiger partial charge in [0.25, 0.3) is 11.6 Å². The topological polar surface area (TPSA) is 137 Å². The quantitative estimate of drug-likeness (QED) is 0.314. The van der Waals surface area contributed by atoms with Crippen LogP contribution in [0.5, 0.6) is 0 Å². The van der Waals surface area contributed by atoms with Crippen molar-refractivity contribution in [2.75, 3.05) is 5.01 Å². The van der Waals surface area contributed by atoms with Gasteiger partial charge < -0.3 is 0 Å². The maximum atomic E-state index is 13.1. The van der Waals surface area contributed by atoms with Gasteiger partial charge in [-0.15, -0.1) is 0 Å². The van der Waals surface area contributed by atoms with Gasteiger partial charge in [0.1, 0.15) is 5.69 Å². The molecule has 0 fully saturated rings. The van der Waals surface area contributed by atoms with Gasteiger partial charge in [-0.2, -0.15) is 15.2 Å². The Hall–Kier alpha value is -4.67. The maximum absolute atomic E-state index is 13.1. The van der Waals surface area contributed by atoms with Gasteiger partial charge in [-0.3, -0.25) is 25.0 Å². The van der Waals surface area contributed by atoms with Crippen molar-refractivity contribution in [1.82, 2.24) is 9.78 Å². The van der Waals surface area contributed by atoms with E-state index in [0.717, 1.165) is 11.6 Å². The van der Waals surface area contributed by atoms with E-state index < -0.39 is 15.5 Å². The third-order valence-electron chi connectivity index (χ3n) is 5.54. The summed E-state index contributed by atoms with van der Waals surface area (Å²) in [4.78, 5) is 34.4. The predicted octanol–water partition coefficient (Wildman–Crippen LogP) is 4.42. The zero-order valence-electron chi connectivity index (χ0n) is 18.8. The van der Waals surface area contributed by atoms with Crippen LogP contribution in [0.15, 0.2) is 53.1 Å². The van der Waals surface area contributed by atoms with E-state index >= 15 is 0 Å². The van der Waals surface area contributed by atoms with E-state index in [2.05, 4.69) is 10.2 Å². The Morgan fingerprint density at radius 2 is 1.71 bits per heavy atom. The van der Waals surface area contributed by atoms with E-state index in [9.17, 15) is 25.0 Å². The molecule has 0 radical (unpaired) electrons. The van der Waals surface area contributed by atoms with E-state index in [4.69, 9.17) is 0 Å². The maximum Gasteiger partial charge on any atom is 0.301 e. The van der Waals surface area contributed by atoms with Crippen molar-refractivity contribution in [1.29, 1.82) is 0 Å². The lowest BCUT2D eigenvalue weighted by Gasteiger charge is -2.12. The van der Waals surface area contributed by atoms with Crippen LogP contribution < -0.4 is 5.01 Å². The molecule has 0 spiro atoms. The smallest absolute Gasteiger partial charge is 0.267 e. The number of nitro groups is 2. The molecule has 0 bridgehead atoms. The Labute approximate surface area is 193 Å². The Bertz CT molecular complexity index is 1440. The minimum Gasteiger partial charge on any atom is -0.267 e. The van der Waals surface area contributed by atoms with Gasteiger partial charge >= 0.3 is 5.69 Å². The molecule has 3 aromatic rings. The van der Waals surface area contributed by atoms with Crippen LogP contribution in [0, 0.1) is 41.0 Å². The summed E-state index contributed by atoms with van der Waals surface area (Å²) in [6.07, 6.45) is 1.67. The van der Waals surface area contributed by atoms with Gasteiger partial charge in [0.2, 0.25) is 0 Å². The van der Waals surface area contributed by atoms with Crippen LogP contribution in [0.1, 0.15) is 29.4 Å². The van der Waals surface area contributed by atoms with Crippen LogP contribution >= 0.6 is 0 Å². The van der Waals surface area contributed by atoms with Gasteiger partial charge in [-0.25, -0.2) is 4.68 Å². The number of nitrogens with zero attached hydrogens (tertiary/aromatic N) is 6. The second-order valence-corrected chi connectivity index (χ2v) is 7.88. The van der Waals surface area contributed by atoms with Gasteiger partial charge in [0.15, 0.2) is 0 Å². The Morgan fingerprint density at radius 3 is 2.35 bits per heavy atom. The number of aromatic nitrogens is 2. The summed E-state index contributed by atoms with van der Waals surface area (Å²) >= 11 is 0.